The Hall–Kier alpha value is -0.100. The van der Waals surface area contributed by atoms with Gasteiger partial charge in [-0.1, -0.05) is 22.9 Å². The summed E-state index contributed by atoms with van der Waals surface area (Å²) in [5.74, 6) is 0.936. The highest BCUT2D eigenvalue weighted by Gasteiger charge is 2.10. The van der Waals surface area contributed by atoms with Crippen molar-refractivity contribution in [2.24, 2.45) is 0 Å². The fourth-order valence-electron chi connectivity index (χ4n) is 1.85. The fourth-order valence-corrected chi connectivity index (χ4v) is 3.28. The van der Waals surface area contributed by atoms with Gasteiger partial charge in [-0.3, -0.25) is 0 Å². The molecule has 0 heterocycles. The first kappa shape index (κ1) is 18.9. The van der Waals surface area contributed by atoms with Gasteiger partial charge in [-0.05, 0) is 61.3 Å². The van der Waals surface area contributed by atoms with Crippen LogP contribution in [0.5, 0.6) is 5.75 Å². The Morgan fingerprint density at radius 3 is 2.62 bits per heavy atom. The van der Waals surface area contributed by atoms with Crippen molar-refractivity contribution in [1.29, 1.82) is 0 Å². The Morgan fingerprint density at radius 2 is 1.95 bits per heavy atom. The molecule has 0 radical (unpaired) electrons. The van der Waals surface area contributed by atoms with Crippen molar-refractivity contribution in [3.63, 3.8) is 0 Å². The Kier molecular flexibility index (Phi) is 9.56. The van der Waals surface area contributed by atoms with Crippen LogP contribution in [0.2, 0.25) is 0 Å². The van der Waals surface area contributed by atoms with Crippen LogP contribution in [0.25, 0.3) is 0 Å². The Balaban J connectivity index is 2.49. The second kappa shape index (κ2) is 10.6. The fraction of sp³-hybridized carbons (Fsp3) is 0.625. The molecule has 0 saturated heterocycles. The third-order valence-electron chi connectivity index (χ3n) is 2.80. The third-order valence-corrected chi connectivity index (χ3v) is 3.85. The van der Waals surface area contributed by atoms with Gasteiger partial charge in [0, 0.05) is 23.2 Å². The van der Waals surface area contributed by atoms with Crippen LogP contribution in [0, 0.1) is 0 Å². The first-order valence-corrected chi connectivity index (χ1v) is 9.06. The maximum atomic E-state index is 5.85. The average Bonchev–Trinajstić information content (AvgIpc) is 2.41. The quantitative estimate of drug-likeness (QED) is 0.543. The molecule has 1 N–H and O–H groups in total. The lowest BCUT2D eigenvalue weighted by atomic mass is 10.2. The van der Waals surface area contributed by atoms with Crippen molar-refractivity contribution in [1.82, 2.24) is 5.32 Å². The minimum absolute atomic E-state index is 0.306. The van der Waals surface area contributed by atoms with Gasteiger partial charge < -0.3 is 14.8 Å². The topological polar surface area (TPSA) is 30.5 Å². The van der Waals surface area contributed by atoms with Crippen LogP contribution in [0.15, 0.2) is 21.1 Å². The molecule has 0 unspecified atom stereocenters. The van der Waals surface area contributed by atoms with Crippen LogP contribution in [0.1, 0.15) is 39.2 Å². The molecule has 0 aliphatic rings. The minimum atomic E-state index is 0.306. The van der Waals surface area contributed by atoms with Crippen LogP contribution in [-0.4, -0.2) is 25.9 Å². The highest BCUT2D eigenvalue weighted by molar-refractivity contribution is 9.11. The molecule has 0 spiro atoms. The van der Waals surface area contributed by atoms with Crippen molar-refractivity contribution in [3.05, 3.63) is 26.6 Å². The summed E-state index contributed by atoms with van der Waals surface area (Å²) < 4.78 is 13.4. The number of benzene rings is 1. The maximum absolute atomic E-state index is 5.85. The zero-order chi connectivity index (χ0) is 15.7. The highest BCUT2D eigenvalue weighted by atomic mass is 79.9. The number of nitrogens with one attached hydrogen (secondary N) is 1. The predicted molar refractivity (Wildman–Crippen MR) is 95.0 cm³/mol. The molecule has 0 aliphatic heterocycles. The molecular formula is C16H25Br2NO2. The van der Waals surface area contributed by atoms with Crippen LogP contribution < -0.4 is 10.1 Å². The SMILES string of the molecule is CCCOc1c(Br)cc(Br)cc1CNCCCOC(C)C. The molecule has 0 aliphatic carbocycles. The summed E-state index contributed by atoms with van der Waals surface area (Å²) in [5.41, 5.74) is 1.16. The Bertz CT molecular complexity index is 425. The van der Waals surface area contributed by atoms with E-state index in [0.717, 1.165) is 59.4 Å². The van der Waals surface area contributed by atoms with Gasteiger partial charge >= 0.3 is 0 Å². The molecule has 0 atom stereocenters. The molecule has 3 nitrogen and oxygen atoms in total. The van der Waals surface area contributed by atoms with E-state index in [1.54, 1.807) is 0 Å². The van der Waals surface area contributed by atoms with E-state index in [-0.39, 0.29) is 0 Å². The number of ether oxygens (including phenoxy) is 2. The Morgan fingerprint density at radius 1 is 1.19 bits per heavy atom. The molecule has 0 bridgehead atoms. The summed E-state index contributed by atoms with van der Waals surface area (Å²) in [4.78, 5) is 0. The predicted octanol–water partition coefficient (Wildman–Crippen LogP) is 4.91. The van der Waals surface area contributed by atoms with Gasteiger partial charge in [-0.2, -0.15) is 0 Å². The lowest BCUT2D eigenvalue weighted by molar-refractivity contribution is 0.0770. The molecule has 0 fully saturated rings. The second-order valence-electron chi connectivity index (χ2n) is 5.17. The lowest BCUT2D eigenvalue weighted by Crippen LogP contribution is -2.18. The number of hydrogen-bond donors (Lipinski definition) is 1. The summed E-state index contributed by atoms with van der Waals surface area (Å²) in [7, 11) is 0. The van der Waals surface area contributed by atoms with Gasteiger partial charge in [-0.15, -0.1) is 0 Å². The van der Waals surface area contributed by atoms with Crippen molar-refractivity contribution in [2.75, 3.05) is 19.8 Å². The second-order valence-corrected chi connectivity index (χ2v) is 6.94. The van der Waals surface area contributed by atoms with Gasteiger partial charge in [0.25, 0.3) is 0 Å². The van der Waals surface area contributed by atoms with E-state index in [4.69, 9.17) is 9.47 Å². The molecule has 0 amide bonds. The first-order valence-electron chi connectivity index (χ1n) is 7.47. The molecule has 21 heavy (non-hydrogen) atoms. The van der Waals surface area contributed by atoms with E-state index in [9.17, 15) is 0 Å². The number of rotatable bonds is 10. The van der Waals surface area contributed by atoms with Crippen molar-refractivity contribution in [2.45, 2.75) is 46.3 Å². The largest absolute Gasteiger partial charge is 0.492 e. The van der Waals surface area contributed by atoms with E-state index < -0.39 is 0 Å². The number of halogens is 2. The molecule has 1 aromatic carbocycles. The van der Waals surface area contributed by atoms with Crippen LogP contribution in [0.4, 0.5) is 0 Å². The molecule has 1 aromatic rings. The summed E-state index contributed by atoms with van der Waals surface area (Å²) >= 11 is 7.11. The maximum Gasteiger partial charge on any atom is 0.138 e. The molecule has 0 aromatic heterocycles. The minimum Gasteiger partial charge on any atom is -0.492 e. The van der Waals surface area contributed by atoms with Gasteiger partial charge in [0.2, 0.25) is 0 Å². The molecule has 5 heteroatoms. The normalized spacial score (nSPS) is 11.1. The molecule has 0 saturated carbocycles. The van der Waals surface area contributed by atoms with E-state index >= 15 is 0 Å². The summed E-state index contributed by atoms with van der Waals surface area (Å²) in [6, 6.07) is 4.12. The number of hydrogen-bond acceptors (Lipinski definition) is 3. The standard InChI is InChI=1S/C16H25Br2NO2/c1-4-7-21-16-13(9-14(17)10-15(16)18)11-19-6-5-8-20-12(2)3/h9-10,12,19H,4-8,11H2,1-3H3. The average molecular weight is 423 g/mol. The van der Waals surface area contributed by atoms with Crippen molar-refractivity contribution >= 4 is 31.9 Å². The summed E-state index contributed by atoms with van der Waals surface area (Å²) in [6.07, 6.45) is 2.32. The summed E-state index contributed by atoms with van der Waals surface area (Å²) in [5, 5.41) is 3.45. The van der Waals surface area contributed by atoms with Gasteiger partial charge in [0.1, 0.15) is 5.75 Å². The molecule has 1 rings (SSSR count). The van der Waals surface area contributed by atoms with E-state index in [1.807, 2.05) is 6.07 Å². The zero-order valence-electron chi connectivity index (χ0n) is 13.0. The monoisotopic (exact) mass is 421 g/mol. The smallest absolute Gasteiger partial charge is 0.138 e. The van der Waals surface area contributed by atoms with Crippen LogP contribution >= 0.6 is 31.9 Å². The lowest BCUT2D eigenvalue weighted by Gasteiger charge is -2.14. The van der Waals surface area contributed by atoms with Crippen LogP contribution in [0.3, 0.4) is 0 Å². The summed E-state index contributed by atoms with van der Waals surface area (Å²) in [6.45, 7) is 9.48. The Labute approximate surface area is 145 Å². The zero-order valence-corrected chi connectivity index (χ0v) is 16.2. The van der Waals surface area contributed by atoms with Crippen molar-refractivity contribution < 1.29 is 9.47 Å². The van der Waals surface area contributed by atoms with Gasteiger partial charge in [0.15, 0.2) is 0 Å². The molecule has 120 valence electrons. The highest BCUT2D eigenvalue weighted by Crippen LogP contribution is 2.33. The van der Waals surface area contributed by atoms with E-state index in [1.165, 1.54) is 0 Å². The molecular weight excluding hydrogens is 398 g/mol. The first-order chi connectivity index (χ1) is 10.0. The van der Waals surface area contributed by atoms with Crippen molar-refractivity contribution in [3.8, 4) is 5.75 Å². The van der Waals surface area contributed by atoms with Gasteiger partial charge in [0.05, 0.1) is 17.2 Å². The van der Waals surface area contributed by atoms with E-state index in [2.05, 4.69) is 64.0 Å². The van der Waals surface area contributed by atoms with Crippen LogP contribution in [-0.2, 0) is 11.3 Å². The van der Waals surface area contributed by atoms with Gasteiger partial charge in [-0.25, -0.2) is 0 Å². The van der Waals surface area contributed by atoms with E-state index in [0.29, 0.717) is 6.10 Å². The third kappa shape index (κ3) is 7.63.